The average molecular weight is 171 g/mol. The summed E-state index contributed by atoms with van der Waals surface area (Å²) in [6, 6.07) is 0.278. The van der Waals surface area contributed by atoms with Crippen LogP contribution in [0.1, 0.15) is 27.7 Å². The zero-order valence-corrected chi connectivity index (χ0v) is 8.26. The Morgan fingerprint density at radius 1 is 1.50 bits per heavy atom. The molecule has 1 heterocycles. The van der Waals surface area contributed by atoms with Gasteiger partial charge in [-0.2, -0.15) is 0 Å². The fraction of sp³-hybridized carbons (Fsp3) is 0.889. The van der Waals surface area contributed by atoms with Gasteiger partial charge in [-0.05, 0) is 27.7 Å². The predicted molar refractivity (Wildman–Crippen MR) is 46.9 cm³/mol. The molecule has 0 aromatic heterocycles. The summed E-state index contributed by atoms with van der Waals surface area (Å²) >= 11 is 0. The molecule has 0 aliphatic carbocycles. The smallest absolute Gasteiger partial charge is 0.254 e. The maximum absolute atomic E-state index is 11.7. The molecule has 1 rings (SSSR count). The lowest BCUT2D eigenvalue weighted by Gasteiger charge is -2.39. The summed E-state index contributed by atoms with van der Waals surface area (Å²) in [4.78, 5) is 13.6. The highest BCUT2D eigenvalue weighted by Gasteiger charge is 2.37. The second-order valence-electron chi connectivity index (χ2n) is 3.95. The molecule has 3 heteroatoms. The SMILES string of the molecule is CC(C)N1CCOC(C)(C)C1=O. The van der Waals surface area contributed by atoms with Crippen molar-refractivity contribution in [1.29, 1.82) is 0 Å². The second kappa shape index (κ2) is 3.05. The molecule has 1 fully saturated rings. The van der Waals surface area contributed by atoms with Gasteiger partial charge in [-0.25, -0.2) is 0 Å². The number of hydrogen-bond donors (Lipinski definition) is 0. The number of morpholine rings is 1. The van der Waals surface area contributed by atoms with Gasteiger partial charge in [-0.3, -0.25) is 4.79 Å². The van der Waals surface area contributed by atoms with Crippen molar-refractivity contribution < 1.29 is 9.53 Å². The number of rotatable bonds is 1. The van der Waals surface area contributed by atoms with E-state index in [4.69, 9.17) is 4.74 Å². The molecule has 70 valence electrons. The van der Waals surface area contributed by atoms with Crippen LogP contribution in [0, 0.1) is 0 Å². The number of hydrogen-bond acceptors (Lipinski definition) is 2. The Morgan fingerprint density at radius 3 is 2.50 bits per heavy atom. The molecule has 12 heavy (non-hydrogen) atoms. The third-order valence-electron chi connectivity index (χ3n) is 2.19. The number of carbonyl (C=O) groups is 1. The van der Waals surface area contributed by atoms with Crippen molar-refractivity contribution >= 4 is 5.91 Å². The van der Waals surface area contributed by atoms with Crippen LogP contribution < -0.4 is 0 Å². The van der Waals surface area contributed by atoms with E-state index in [1.165, 1.54) is 0 Å². The summed E-state index contributed by atoms with van der Waals surface area (Å²) in [6.07, 6.45) is 0. The number of amides is 1. The lowest BCUT2D eigenvalue weighted by molar-refractivity contribution is -0.168. The first-order valence-electron chi connectivity index (χ1n) is 4.40. The highest BCUT2D eigenvalue weighted by Crippen LogP contribution is 2.19. The third-order valence-corrected chi connectivity index (χ3v) is 2.19. The van der Waals surface area contributed by atoms with E-state index in [9.17, 15) is 4.79 Å². The number of ether oxygens (including phenoxy) is 1. The van der Waals surface area contributed by atoms with Crippen LogP contribution in [0.4, 0.5) is 0 Å². The first kappa shape index (κ1) is 9.52. The van der Waals surface area contributed by atoms with Crippen LogP contribution in [0.25, 0.3) is 0 Å². The standard InChI is InChI=1S/C9H17NO2/c1-7(2)10-5-6-12-9(3,4)8(10)11/h7H,5-6H2,1-4H3. The highest BCUT2D eigenvalue weighted by atomic mass is 16.5. The van der Waals surface area contributed by atoms with Crippen LogP contribution in [-0.4, -0.2) is 35.6 Å². The molecule has 0 radical (unpaired) electrons. The van der Waals surface area contributed by atoms with Gasteiger partial charge >= 0.3 is 0 Å². The minimum atomic E-state index is -0.622. The second-order valence-corrected chi connectivity index (χ2v) is 3.95. The molecule has 1 aliphatic rings. The van der Waals surface area contributed by atoms with Crippen LogP contribution >= 0.6 is 0 Å². The van der Waals surface area contributed by atoms with Crippen molar-refractivity contribution in [2.24, 2.45) is 0 Å². The van der Waals surface area contributed by atoms with Gasteiger partial charge < -0.3 is 9.64 Å². The van der Waals surface area contributed by atoms with Crippen LogP contribution in [-0.2, 0) is 9.53 Å². The molecule has 0 spiro atoms. The molecular weight excluding hydrogens is 154 g/mol. The molecule has 0 N–H and O–H groups in total. The molecule has 3 nitrogen and oxygen atoms in total. The predicted octanol–water partition coefficient (Wildman–Crippen LogP) is 1.03. The van der Waals surface area contributed by atoms with Gasteiger partial charge in [0.15, 0.2) is 0 Å². The Balaban J connectivity index is 2.73. The average Bonchev–Trinajstić information content (AvgIpc) is 1.94. The minimum absolute atomic E-state index is 0.101. The van der Waals surface area contributed by atoms with E-state index >= 15 is 0 Å². The lowest BCUT2D eigenvalue weighted by atomic mass is 10.1. The largest absolute Gasteiger partial charge is 0.364 e. The minimum Gasteiger partial charge on any atom is -0.364 e. The van der Waals surface area contributed by atoms with Gasteiger partial charge in [-0.15, -0.1) is 0 Å². The fourth-order valence-corrected chi connectivity index (χ4v) is 1.40. The van der Waals surface area contributed by atoms with E-state index in [1.54, 1.807) is 0 Å². The van der Waals surface area contributed by atoms with Crippen LogP contribution in [0.15, 0.2) is 0 Å². The van der Waals surface area contributed by atoms with E-state index in [-0.39, 0.29) is 11.9 Å². The third kappa shape index (κ3) is 1.61. The first-order chi connectivity index (χ1) is 5.45. The van der Waals surface area contributed by atoms with E-state index < -0.39 is 5.60 Å². The van der Waals surface area contributed by atoms with E-state index in [2.05, 4.69) is 0 Å². The molecule has 1 amide bonds. The quantitative estimate of drug-likeness (QED) is 0.589. The monoisotopic (exact) mass is 171 g/mol. The van der Waals surface area contributed by atoms with Gasteiger partial charge in [0.05, 0.1) is 6.61 Å². The normalized spacial score (nSPS) is 23.4. The van der Waals surface area contributed by atoms with Crippen molar-refractivity contribution in [3.05, 3.63) is 0 Å². The van der Waals surface area contributed by atoms with E-state index in [1.807, 2.05) is 32.6 Å². The summed E-state index contributed by atoms with van der Waals surface area (Å²) in [5.74, 6) is 0.101. The van der Waals surface area contributed by atoms with Gasteiger partial charge in [0.1, 0.15) is 5.60 Å². The zero-order chi connectivity index (χ0) is 9.35. The summed E-state index contributed by atoms with van der Waals surface area (Å²) < 4.78 is 5.37. The molecule has 0 bridgehead atoms. The molecule has 1 saturated heterocycles. The van der Waals surface area contributed by atoms with Gasteiger partial charge in [0.2, 0.25) is 0 Å². The molecular formula is C9H17NO2. The molecule has 0 aromatic carbocycles. The maximum atomic E-state index is 11.7. The Morgan fingerprint density at radius 2 is 2.08 bits per heavy atom. The van der Waals surface area contributed by atoms with Crippen LogP contribution in [0.2, 0.25) is 0 Å². The summed E-state index contributed by atoms with van der Waals surface area (Å²) in [5.41, 5.74) is -0.622. The van der Waals surface area contributed by atoms with Gasteiger partial charge in [0.25, 0.3) is 5.91 Å². The Bertz CT molecular complexity index is 187. The maximum Gasteiger partial charge on any atom is 0.254 e. The zero-order valence-electron chi connectivity index (χ0n) is 8.26. The van der Waals surface area contributed by atoms with Crippen molar-refractivity contribution in [3.63, 3.8) is 0 Å². The fourth-order valence-electron chi connectivity index (χ4n) is 1.40. The van der Waals surface area contributed by atoms with Crippen molar-refractivity contribution in [2.75, 3.05) is 13.2 Å². The van der Waals surface area contributed by atoms with Crippen LogP contribution in [0.5, 0.6) is 0 Å². The van der Waals surface area contributed by atoms with Crippen molar-refractivity contribution in [2.45, 2.75) is 39.3 Å². The summed E-state index contributed by atoms with van der Waals surface area (Å²) in [5, 5.41) is 0. The topological polar surface area (TPSA) is 29.5 Å². The summed E-state index contributed by atoms with van der Waals surface area (Å²) in [6.45, 7) is 9.07. The molecule has 0 aromatic rings. The van der Waals surface area contributed by atoms with Crippen LogP contribution in [0.3, 0.4) is 0 Å². The molecule has 1 aliphatic heterocycles. The molecule has 0 unspecified atom stereocenters. The summed E-state index contributed by atoms with van der Waals surface area (Å²) in [7, 11) is 0. The Hall–Kier alpha value is -0.570. The highest BCUT2D eigenvalue weighted by molar-refractivity contribution is 5.85. The molecule has 0 atom stereocenters. The number of nitrogens with zero attached hydrogens (tertiary/aromatic N) is 1. The lowest BCUT2D eigenvalue weighted by Crippen LogP contribution is -2.55. The molecule has 0 saturated carbocycles. The van der Waals surface area contributed by atoms with Gasteiger partial charge in [-0.1, -0.05) is 0 Å². The first-order valence-corrected chi connectivity index (χ1v) is 4.40. The van der Waals surface area contributed by atoms with Crippen molar-refractivity contribution in [1.82, 2.24) is 4.90 Å². The van der Waals surface area contributed by atoms with E-state index in [0.29, 0.717) is 6.61 Å². The van der Waals surface area contributed by atoms with E-state index in [0.717, 1.165) is 6.54 Å². The Kier molecular flexibility index (Phi) is 2.42. The van der Waals surface area contributed by atoms with Gasteiger partial charge in [0, 0.05) is 12.6 Å². The van der Waals surface area contributed by atoms with Crippen molar-refractivity contribution in [3.8, 4) is 0 Å². The Labute approximate surface area is 73.7 Å². The number of carbonyl (C=O) groups excluding carboxylic acids is 1.